The van der Waals surface area contributed by atoms with Crippen molar-refractivity contribution < 1.29 is 4.74 Å². The molecule has 15 heavy (non-hydrogen) atoms. The molecule has 0 radical (unpaired) electrons. The van der Waals surface area contributed by atoms with Crippen LogP contribution < -0.4 is 5.73 Å². The maximum atomic E-state index is 6.24. The molecule has 1 saturated heterocycles. The summed E-state index contributed by atoms with van der Waals surface area (Å²) in [6.45, 7) is 14.0. The lowest BCUT2D eigenvalue weighted by Crippen LogP contribution is -2.59. The topological polar surface area (TPSA) is 38.5 Å². The molecule has 1 rings (SSSR count). The Balaban J connectivity index is 2.58. The Kier molecular flexibility index (Phi) is 4.32. The molecule has 0 amide bonds. The maximum absolute atomic E-state index is 6.24. The molecule has 0 saturated carbocycles. The zero-order valence-electron chi connectivity index (χ0n) is 10.3. The predicted molar refractivity (Wildman–Crippen MR) is 63.9 cm³/mol. The summed E-state index contributed by atoms with van der Waals surface area (Å²) in [7, 11) is 0. The quantitative estimate of drug-likeness (QED) is 0.716. The van der Waals surface area contributed by atoms with E-state index in [1.807, 2.05) is 6.92 Å². The Bertz CT molecular complexity index is 220. The molecule has 0 spiro atoms. The number of morpholine rings is 1. The van der Waals surface area contributed by atoms with E-state index in [0.717, 1.165) is 38.3 Å². The fourth-order valence-electron chi connectivity index (χ4n) is 2.00. The molecule has 0 aromatic heterocycles. The van der Waals surface area contributed by atoms with Gasteiger partial charge < -0.3 is 10.5 Å². The van der Waals surface area contributed by atoms with Gasteiger partial charge in [-0.3, -0.25) is 4.90 Å². The lowest BCUT2D eigenvalue weighted by Gasteiger charge is -2.44. The Labute approximate surface area is 93.3 Å². The van der Waals surface area contributed by atoms with Crippen LogP contribution in [0.5, 0.6) is 0 Å². The van der Waals surface area contributed by atoms with Crippen LogP contribution in [0.25, 0.3) is 0 Å². The lowest BCUT2D eigenvalue weighted by molar-refractivity contribution is -0.0185. The number of hydrogen-bond acceptors (Lipinski definition) is 3. The van der Waals surface area contributed by atoms with E-state index in [0.29, 0.717) is 0 Å². The second kappa shape index (κ2) is 5.10. The normalized spacial score (nSPS) is 21.3. The zero-order chi connectivity index (χ0) is 11.5. The minimum absolute atomic E-state index is 0.0305. The summed E-state index contributed by atoms with van der Waals surface area (Å²) in [6, 6.07) is 0.146. The van der Waals surface area contributed by atoms with Crippen molar-refractivity contribution >= 4 is 0 Å². The van der Waals surface area contributed by atoms with Crippen LogP contribution in [0.2, 0.25) is 0 Å². The van der Waals surface area contributed by atoms with Crippen LogP contribution in [0, 0.1) is 0 Å². The van der Waals surface area contributed by atoms with E-state index in [4.69, 9.17) is 10.5 Å². The summed E-state index contributed by atoms with van der Waals surface area (Å²) in [6.07, 6.45) is 0.893. The van der Waals surface area contributed by atoms with Gasteiger partial charge in [0.1, 0.15) is 0 Å². The van der Waals surface area contributed by atoms with Gasteiger partial charge in [0.15, 0.2) is 0 Å². The van der Waals surface area contributed by atoms with Gasteiger partial charge in [-0.05, 0) is 27.2 Å². The van der Waals surface area contributed by atoms with Gasteiger partial charge >= 0.3 is 0 Å². The molecule has 1 fully saturated rings. The van der Waals surface area contributed by atoms with Crippen LogP contribution in [0.3, 0.4) is 0 Å². The van der Waals surface area contributed by atoms with Crippen LogP contribution in [0.1, 0.15) is 27.2 Å². The first-order valence-electron chi connectivity index (χ1n) is 5.67. The molecule has 1 aliphatic rings. The monoisotopic (exact) mass is 212 g/mol. The van der Waals surface area contributed by atoms with Crippen LogP contribution in [0.15, 0.2) is 12.2 Å². The fourth-order valence-corrected chi connectivity index (χ4v) is 2.00. The Hall–Kier alpha value is -0.380. The molecule has 3 heteroatoms. The third kappa shape index (κ3) is 3.30. The van der Waals surface area contributed by atoms with E-state index >= 15 is 0 Å². The molecular weight excluding hydrogens is 188 g/mol. The minimum atomic E-state index is 0.0305. The van der Waals surface area contributed by atoms with Crippen molar-refractivity contribution in [2.24, 2.45) is 5.73 Å². The van der Waals surface area contributed by atoms with Crippen LogP contribution in [0.4, 0.5) is 0 Å². The molecule has 1 unspecified atom stereocenters. The van der Waals surface area contributed by atoms with Gasteiger partial charge in [-0.1, -0.05) is 5.57 Å². The van der Waals surface area contributed by atoms with Gasteiger partial charge in [0.2, 0.25) is 0 Å². The van der Waals surface area contributed by atoms with Crippen molar-refractivity contribution in [2.45, 2.75) is 38.8 Å². The maximum Gasteiger partial charge on any atom is 0.0594 e. The number of nitrogens with zero attached hydrogens (tertiary/aromatic N) is 1. The SMILES string of the molecule is C=C(C)CC(N)C(C)(C)N1CCOCC1. The van der Waals surface area contributed by atoms with Crippen LogP contribution in [-0.2, 0) is 4.74 Å². The largest absolute Gasteiger partial charge is 0.379 e. The number of rotatable bonds is 4. The van der Waals surface area contributed by atoms with Gasteiger partial charge in [-0.15, -0.1) is 6.58 Å². The van der Waals surface area contributed by atoms with Gasteiger partial charge in [0.25, 0.3) is 0 Å². The molecule has 3 nitrogen and oxygen atoms in total. The van der Waals surface area contributed by atoms with Crippen molar-refractivity contribution in [1.29, 1.82) is 0 Å². The molecule has 88 valence electrons. The highest BCUT2D eigenvalue weighted by Crippen LogP contribution is 2.22. The van der Waals surface area contributed by atoms with Crippen LogP contribution in [-0.4, -0.2) is 42.8 Å². The number of nitrogens with two attached hydrogens (primary N) is 1. The third-order valence-electron chi connectivity index (χ3n) is 3.30. The van der Waals surface area contributed by atoms with Crippen molar-refractivity contribution in [3.05, 3.63) is 12.2 Å². The lowest BCUT2D eigenvalue weighted by atomic mass is 9.88. The van der Waals surface area contributed by atoms with E-state index in [1.54, 1.807) is 0 Å². The summed E-state index contributed by atoms with van der Waals surface area (Å²) in [4.78, 5) is 2.42. The summed E-state index contributed by atoms with van der Waals surface area (Å²) >= 11 is 0. The second-order valence-corrected chi connectivity index (χ2v) is 5.02. The number of hydrogen-bond donors (Lipinski definition) is 1. The number of ether oxygens (including phenoxy) is 1. The second-order valence-electron chi connectivity index (χ2n) is 5.02. The van der Waals surface area contributed by atoms with Gasteiger partial charge in [0, 0.05) is 24.7 Å². The highest BCUT2D eigenvalue weighted by atomic mass is 16.5. The minimum Gasteiger partial charge on any atom is -0.379 e. The zero-order valence-corrected chi connectivity index (χ0v) is 10.3. The standard InChI is InChI=1S/C12H24N2O/c1-10(2)9-11(13)12(3,4)14-5-7-15-8-6-14/h11H,1,5-9,13H2,2-4H3. The third-order valence-corrected chi connectivity index (χ3v) is 3.30. The average Bonchev–Trinajstić information content (AvgIpc) is 2.18. The van der Waals surface area contributed by atoms with E-state index in [2.05, 4.69) is 25.3 Å². The summed E-state index contributed by atoms with van der Waals surface area (Å²) in [5.74, 6) is 0. The fraction of sp³-hybridized carbons (Fsp3) is 0.833. The predicted octanol–water partition coefficient (Wildman–Crippen LogP) is 1.39. The molecule has 0 aromatic carbocycles. The first-order valence-corrected chi connectivity index (χ1v) is 5.67. The molecule has 1 atom stereocenters. The van der Waals surface area contributed by atoms with Crippen molar-refractivity contribution in [2.75, 3.05) is 26.3 Å². The molecule has 1 heterocycles. The summed E-state index contributed by atoms with van der Waals surface area (Å²) in [5, 5.41) is 0. The van der Waals surface area contributed by atoms with Crippen LogP contribution >= 0.6 is 0 Å². The molecule has 0 aliphatic carbocycles. The van der Waals surface area contributed by atoms with Crippen molar-refractivity contribution in [3.63, 3.8) is 0 Å². The Morgan fingerprint density at radius 2 is 2.00 bits per heavy atom. The van der Waals surface area contributed by atoms with E-state index < -0.39 is 0 Å². The van der Waals surface area contributed by atoms with E-state index in [9.17, 15) is 0 Å². The molecule has 2 N–H and O–H groups in total. The Morgan fingerprint density at radius 1 is 1.47 bits per heavy atom. The highest BCUT2D eigenvalue weighted by Gasteiger charge is 2.33. The van der Waals surface area contributed by atoms with E-state index in [-0.39, 0.29) is 11.6 Å². The smallest absolute Gasteiger partial charge is 0.0594 e. The van der Waals surface area contributed by atoms with Gasteiger partial charge in [0.05, 0.1) is 13.2 Å². The van der Waals surface area contributed by atoms with Gasteiger partial charge in [-0.25, -0.2) is 0 Å². The van der Waals surface area contributed by atoms with Crippen molar-refractivity contribution in [1.82, 2.24) is 4.90 Å². The molecule has 1 aliphatic heterocycles. The van der Waals surface area contributed by atoms with Gasteiger partial charge in [-0.2, -0.15) is 0 Å². The molecule has 0 aromatic rings. The van der Waals surface area contributed by atoms with E-state index in [1.165, 1.54) is 0 Å². The first kappa shape index (κ1) is 12.7. The average molecular weight is 212 g/mol. The Morgan fingerprint density at radius 3 is 2.47 bits per heavy atom. The summed E-state index contributed by atoms with van der Waals surface area (Å²) in [5.41, 5.74) is 7.43. The molecular formula is C12H24N2O. The highest BCUT2D eigenvalue weighted by molar-refractivity contribution is 5.01. The van der Waals surface area contributed by atoms with Crippen molar-refractivity contribution in [3.8, 4) is 0 Å². The first-order chi connectivity index (χ1) is 6.94. The summed E-state index contributed by atoms with van der Waals surface area (Å²) < 4.78 is 5.36. The molecule has 0 bridgehead atoms.